The molecule has 0 atom stereocenters. The van der Waals surface area contributed by atoms with Gasteiger partial charge in [0.2, 0.25) is 5.13 Å². The standard InChI is InChI=1S/C7H8N4S2/c1-2-6(12-5-1)3-4-8-7-9-10-11-13-7/h1-2,5H,3-4H2,(H,8,9,11). The highest BCUT2D eigenvalue weighted by Gasteiger charge is 1.96. The van der Waals surface area contributed by atoms with E-state index in [2.05, 4.69) is 37.6 Å². The summed E-state index contributed by atoms with van der Waals surface area (Å²) < 4.78 is 3.66. The molecular formula is C7H8N4S2. The highest BCUT2D eigenvalue weighted by molar-refractivity contribution is 7.10. The fraction of sp³-hybridized carbons (Fsp3) is 0.286. The van der Waals surface area contributed by atoms with Crippen molar-refractivity contribution in [2.75, 3.05) is 11.9 Å². The third-order valence-corrected chi connectivity index (χ3v) is 3.02. The zero-order chi connectivity index (χ0) is 8.93. The van der Waals surface area contributed by atoms with Crippen LogP contribution in [-0.2, 0) is 6.42 Å². The molecule has 4 nitrogen and oxygen atoms in total. The van der Waals surface area contributed by atoms with Crippen LogP contribution in [-0.4, -0.2) is 21.3 Å². The average molecular weight is 212 g/mol. The number of hydrogen-bond acceptors (Lipinski definition) is 6. The van der Waals surface area contributed by atoms with Crippen LogP contribution in [0.25, 0.3) is 0 Å². The van der Waals surface area contributed by atoms with Gasteiger partial charge in [-0.3, -0.25) is 0 Å². The molecule has 0 amide bonds. The van der Waals surface area contributed by atoms with Gasteiger partial charge in [0.05, 0.1) is 0 Å². The lowest BCUT2D eigenvalue weighted by Gasteiger charge is -1.97. The summed E-state index contributed by atoms with van der Waals surface area (Å²) in [5.74, 6) is 0. The van der Waals surface area contributed by atoms with Gasteiger partial charge in [-0.05, 0) is 23.1 Å². The van der Waals surface area contributed by atoms with Crippen LogP contribution in [0, 0.1) is 0 Å². The molecule has 0 saturated carbocycles. The lowest BCUT2D eigenvalue weighted by molar-refractivity contribution is 0.944. The molecule has 0 saturated heterocycles. The van der Waals surface area contributed by atoms with E-state index in [9.17, 15) is 0 Å². The summed E-state index contributed by atoms with van der Waals surface area (Å²) in [6.07, 6.45) is 1.03. The Labute approximate surface area is 83.8 Å². The average Bonchev–Trinajstić information content (AvgIpc) is 2.75. The maximum Gasteiger partial charge on any atom is 0.225 e. The monoisotopic (exact) mass is 212 g/mol. The number of nitrogens with zero attached hydrogens (tertiary/aromatic N) is 3. The van der Waals surface area contributed by atoms with Gasteiger partial charge in [0.25, 0.3) is 0 Å². The van der Waals surface area contributed by atoms with E-state index in [1.807, 2.05) is 0 Å². The van der Waals surface area contributed by atoms with E-state index in [0.717, 1.165) is 18.1 Å². The number of rotatable bonds is 4. The first-order valence-electron chi connectivity index (χ1n) is 3.86. The second-order valence-electron chi connectivity index (χ2n) is 2.42. The van der Waals surface area contributed by atoms with Crippen LogP contribution in [0.2, 0.25) is 0 Å². The van der Waals surface area contributed by atoms with Crippen molar-refractivity contribution in [3.8, 4) is 0 Å². The van der Waals surface area contributed by atoms with Crippen molar-refractivity contribution in [1.29, 1.82) is 0 Å². The van der Waals surface area contributed by atoms with Crippen LogP contribution >= 0.6 is 22.9 Å². The first-order chi connectivity index (χ1) is 6.45. The highest BCUT2D eigenvalue weighted by Crippen LogP contribution is 2.10. The largest absolute Gasteiger partial charge is 0.358 e. The van der Waals surface area contributed by atoms with Crippen molar-refractivity contribution in [1.82, 2.24) is 14.8 Å². The van der Waals surface area contributed by atoms with Gasteiger partial charge >= 0.3 is 0 Å². The van der Waals surface area contributed by atoms with Crippen LogP contribution < -0.4 is 5.32 Å². The van der Waals surface area contributed by atoms with Gasteiger partial charge in [0.1, 0.15) is 0 Å². The molecule has 0 aliphatic rings. The molecule has 68 valence electrons. The van der Waals surface area contributed by atoms with E-state index in [4.69, 9.17) is 0 Å². The maximum atomic E-state index is 3.78. The van der Waals surface area contributed by atoms with Crippen LogP contribution in [0.15, 0.2) is 17.5 Å². The van der Waals surface area contributed by atoms with Gasteiger partial charge in [-0.15, -0.1) is 11.3 Å². The lowest BCUT2D eigenvalue weighted by Crippen LogP contribution is -2.03. The number of nitrogens with one attached hydrogen (secondary N) is 1. The Kier molecular flexibility index (Phi) is 2.83. The molecule has 0 aromatic carbocycles. The Hall–Kier alpha value is -1.01. The molecule has 2 rings (SSSR count). The van der Waals surface area contributed by atoms with E-state index < -0.39 is 0 Å². The summed E-state index contributed by atoms with van der Waals surface area (Å²) >= 11 is 3.05. The predicted octanol–water partition coefficient (Wildman–Crippen LogP) is 1.65. The first-order valence-corrected chi connectivity index (χ1v) is 5.52. The number of hydrogen-bond donors (Lipinski definition) is 1. The second kappa shape index (κ2) is 4.29. The molecule has 2 heterocycles. The Morgan fingerprint density at radius 2 is 2.46 bits per heavy atom. The fourth-order valence-corrected chi connectivity index (χ4v) is 2.05. The molecule has 0 bridgehead atoms. The summed E-state index contributed by atoms with van der Waals surface area (Å²) in [5.41, 5.74) is 0. The van der Waals surface area contributed by atoms with Gasteiger partial charge in [-0.25, -0.2) is 0 Å². The van der Waals surface area contributed by atoms with Crippen LogP contribution in [0.5, 0.6) is 0 Å². The van der Waals surface area contributed by atoms with E-state index in [1.54, 1.807) is 11.3 Å². The van der Waals surface area contributed by atoms with Crippen molar-refractivity contribution >= 4 is 28.0 Å². The van der Waals surface area contributed by atoms with Crippen LogP contribution in [0.4, 0.5) is 5.13 Å². The number of thiophene rings is 1. The van der Waals surface area contributed by atoms with Crippen molar-refractivity contribution in [2.45, 2.75) is 6.42 Å². The summed E-state index contributed by atoms with van der Waals surface area (Å²) in [5, 5.41) is 13.3. The van der Waals surface area contributed by atoms with Crippen LogP contribution in [0.3, 0.4) is 0 Å². The van der Waals surface area contributed by atoms with Crippen molar-refractivity contribution in [2.24, 2.45) is 0 Å². The molecule has 2 aromatic heterocycles. The summed E-state index contributed by atoms with van der Waals surface area (Å²) in [6.45, 7) is 0.886. The van der Waals surface area contributed by atoms with Gasteiger partial charge in [0, 0.05) is 23.0 Å². The predicted molar refractivity (Wildman–Crippen MR) is 54.2 cm³/mol. The molecule has 0 fully saturated rings. The summed E-state index contributed by atoms with van der Waals surface area (Å²) in [4.78, 5) is 1.38. The lowest BCUT2D eigenvalue weighted by atomic mass is 10.3. The molecule has 13 heavy (non-hydrogen) atoms. The molecule has 0 spiro atoms. The molecule has 1 N–H and O–H groups in total. The third kappa shape index (κ3) is 2.46. The topological polar surface area (TPSA) is 50.7 Å². The zero-order valence-electron chi connectivity index (χ0n) is 6.80. The van der Waals surface area contributed by atoms with Crippen molar-refractivity contribution in [3.05, 3.63) is 22.4 Å². The van der Waals surface area contributed by atoms with E-state index in [1.165, 1.54) is 16.4 Å². The van der Waals surface area contributed by atoms with E-state index >= 15 is 0 Å². The minimum Gasteiger partial charge on any atom is -0.358 e. The Morgan fingerprint density at radius 1 is 1.46 bits per heavy atom. The van der Waals surface area contributed by atoms with Crippen LogP contribution in [0.1, 0.15) is 4.88 Å². The maximum absolute atomic E-state index is 3.78. The minimum atomic E-state index is 0.788. The Bertz CT molecular complexity index is 295. The molecule has 6 heteroatoms. The molecule has 0 aliphatic heterocycles. The highest BCUT2D eigenvalue weighted by atomic mass is 32.1. The SMILES string of the molecule is c1csc(CCNc2nnns2)c1. The normalized spacial score (nSPS) is 10.2. The van der Waals surface area contributed by atoms with E-state index in [-0.39, 0.29) is 0 Å². The first kappa shape index (κ1) is 8.58. The van der Waals surface area contributed by atoms with Gasteiger partial charge in [-0.1, -0.05) is 15.7 Å². The van der Waals surface area contributed by atoms with Gasteiger partial charge < -0.3 is 5.32 Å². The molecule has 2 aromatic rings. The zero-order valence-corrected chi connectivity index (χ0v) is 8.44. The Morgan fingerprint density at radius 3 is 3.15 bits per heavy atom. The van der Waals surface area contributed by atoms with Gasteiger partial charge in [-0.2, -0.15) is 0 Å². The van der Waals surface area contributed by atoms with Gasteiger partial charge in [0.15, 0.2) is 0 Å². The minimum absolute atomic E-state index is 0.788. The summed E-state index contributed by atoms with van der Waals surface area (Å²) in [7, 11) is 0. The third-order valence-electron chi connectivity index (χ3n) is 1.53. The summed E-state index contributed by atoms with van der Waals surface area (Å²) in [6, 6.07) is 4.19. The van der Waals surface area contributed by atoms with Crippen molar-refractivity contribution < 1.29 is 0 Å². The fourth-order valence-electron chi connectivity index (χ4n) is 0.949. The number of aromatic nitrogens is 3. The molecule has 0 aliphatic carbocycles. The molecular weight excluding hydrogens is 204 g/mol. The molecule has 0 radical (unpaired) electrons. The molecule has 0 unspecified atom stereocenters. The quantitative estimate of drug-likeness (QED) is 0.837. The van der Waals surface area contributed by atoms with E-state index in [0.29, 0.717) is 0 Å². The smallest absolute Gasteiger partial charge is 0.225 e. The number of anilines is 1. The van der Waals surface area contributed by atoms with Crippen molar-refractivity contribution in [3.63, 3.8) is 0 Å². The Balaban J connectivity index is 1.76. The second-order valence-corrected chi connectivity index (χ2v) is 4.19.